The zero-order valence-corrected chi connectivity index (χ0v) is 17.8. The molecule has 7 nitrogen and oxygen atoms in total. The number of aromatic hydroxyl groups is 1. The van der Waals surface area contributed by atoms with Crippen molar-refractivity contribution < 1.29 is 9.84 Å². The third-order valence-corrected chi connectivity index (χ3v) is 6.96. The average molecular weight is 405 g/mol. The van der Waals surface area contributed by atoms with Crippen molar-refractivity contribution in [2.45, 2.75) is 51.2 Å². The van der Waals surface area contributed by atoms with Crippen LogP contribution in [0, 0.1) is 0 Å². The van der Waals surface area contributed by atoms with Crippen molar-refractivity contribution in [3.05, 3.63) is 27.7 Å². The van der Waals surface area contributed by atoms with E-state index in [9.17, 15) is 9.90 Å². The Kier molecular flexibility index (Phi) is 6.90. The van der Waals surface area contributed by atoms with Crippen molar-refractivity contribution in [1.82, 2.24) is 19.3 Å². The molecule has 4 rings (SSSR count). The van der Waals surface area contributed by atoms with Gasteiger partial charge in [-0.3, -0.25) is 19.5 Å². The fourth-order valence-electron chi connectivity index (χ4n) is 5.02. The maximum Gasteiger partial charge on any atom is 0.223 e. The van der Waals surface area contributed by atoms with Gasteiger partial charge >= 0.3 is 0 Å². The van der Waals surface area contributed by atoms with E-state index in [2.05, 4.69) is 19.3 Å². The van der Waals surface area contributed by atoms with Gasteiger partial charge in [0.1, 0.15) is 0 Å². The Morgan fingerprint density at radius 3 is 2.31 bits per heavy atom. The number of nitrogens with zero attached hydrogens (tertiary/aromatic N) is 4. The van der Waals surface area contributed by atoms with Crippen LogP contribution < -0.4 is 5.43 Å². The molecular weight excluding hydrogens is 368 g/mol. The topological polar surface area (TPSA) is 61.2 Å². The van der Waals surface area contributed by atoms with E-state index in [0.717, 1.165) is 83.3 Å². The molecule has 0 saturated carbocycles. The summed E-state index contributed by atoms with van der Waals surface area (Å²) in [5.74, 6) is -0.0817. The molecule has 0 atom stereocenters. The van der Waals surface area contributed by atoms with Gasteiger partial charge < -0.3 is 14.4 Å². The van der Waals surface area contributed by atoms with Crippen LogP contribution in [0.5, 0.6) is 5.75 Å². The van der Waals surface area contributed by atoms with E-state index >= 15 is 0 Å². The zero-order valence-electron chi connectivity index (χ0n) is 17.8. The van der Waals surface area contributed by atoms with Gasteiger partial charge in [0.2, 0.25) is 5.43 Å². The fraction of sp³-hybridized carbons (Fsp3) is 0.773. The van der Waals surface area contributed by atoms with Crippen LogP contribution in [0.15, 0.2) is 10.9 Å². The lowest BCUT2D eigenvalue weighted by molar-refractivity contribution is 0.0122. The van der Waals surface area contributed by atoms with Crippen LogP contribution in [0.4, 0.5) is 0 Å². The van der Waals surface area contributed by atoms with Crippen LogP contribution in [-0.2, 0) is 24.9 Å². The monoisotopic (exact) mass is 404 g/mol. The molecule has 0 unspecified atom stereocenters. The normalized spacial score (nSPS) is 23.5. The summed E-state index contributed by atoms with van der Waals surface area (Å²) in [7, 11) is 1.99. The van der Waals surface area contributed by atoms with Gasteiger partial charge in [0, 0.05) is 77.3 Å². The molecule has 4 heterocycles. The minimum absolute atomic E-state index is 0.0817. The third kappa shape index (κ3) is 5.02. The highest BCUT2D eigenvalue weighted by atomic mass is 16.5. The Morgan fingerprint density at radius 1 is 0.966 bits per heavy atom. The van der Waals surface area contributed by atoms with E-state index in [4.69, 9.17) is 4.74 Å². The van der Waals surface area contributed by atoms with Gasteiger partial charge in [0.15, 0.2) is 5.75 Å². The van der Waals surface area contributed by atoms with Crippen molar-refractivity contribution in [2.24, 2.45) is 7.05 Å². The lowest BCUT2D eigenvalue weighted by Gasteiger charge is -2.40. The maximum absolute atomic E-state index is 12.4. The highest BCUT2D eigenvalue weighted by Gasteiger charge is 2.26. The molecule has 1 aromatic heterocycles. The highest BCUT2D eigenvalue weighted by molar-refractivity contribution is 5.30. The largest absolute Gasteiger partial charge is 0.503 e. The van der Waals surface area contributed by atoms with E-state index < -0.39 is 0 Å². The highest BCUT2D eigenvalue weighted by Crippen LogP contribution is 2.21. The second kappa shape index (κ2) is 9.60. The minimum Gasteiger partial charge on any atom is -0.503 e. The first-order valence-corrected chi connectivity index (χ1v) is 11.3. The lowest BCUT2D eigenvalue weighted by Crippen LogP contribution is -2.51. The number of likely N-dealkylation sites (tertiary alicyclic amines) is 1. The smallest absolute Gasteiger partial charge is 0.223 e. The Balaban J connectivity index is 1.40. The average Bonchev–Trinajstić information content (AvgIpc) is 2.77. The molecule has 162 valence electrons. The van der Waals surface area contributed by atoms with Gasteiger partial charge in [-0.05, 0) is 38.8 Å². The second-order valence-corrected chi connectivity index (χ2v) is 8.85. The van der Waals surface area contributed by atoms with Gasteiger partial charge in [0.25, 0.3) is 0 Å². The summed E-state index contributed by atoms with van der Waals surface area (Å²) in [6.07, 6.45) is 6.03. The summed E-state index contributed by atoms with van der Waals surface area (Å²) in [5.41, 5.74) is 1.51. The zero-order chi connectivity index (χ0) is 20.2. The van der Waals surface area contributed by atoms with E-state index in [0.29, 0.717) is 12.6 Å². The molecule has 0 aliphatic carbocycles. The van der Waals surface area contributed by atoms with E-state index in [1.54, 1.807) is 6.07 Å². The molecule has 1 aromatic rings. The van der Waals surface area contributed by atoms with Crippen molar-refractivity contribution in [2.75, 3.05) is 52.5 Å². The number of hydrogen-bond acceptors (Lipinski definition) is 6. The van der Waals surface area contributed by atoms with Crippen molar-refractivity contribution in [3.8, 4) is 5.75 Å². The molecular formula is C22H36N4O3. The van der Waals surface area contributed by atoms with Crippen LogP contribution >= 0.6 is 0 Å². The standard InChI is InChI=1S/C22H36N4O3/c1-23-19(16-24-7-3-2-4-8-24)15-21(27)22(28)20(23)17-25-9-11-26(12-10-25)18-5-13-29-14-6-18/h15,18,28H,2-14,16-17H2,1H3. The number of aromatic nitrogens is 1. The molecule has 3 saturated heterocycles. The van der Waals surface area contributed by atoms with Gasteiger partial charge in [0.05, 0.1) is 5.69 Å². The van der Waals surface area contributed by atoms with E-state index in [1.165, 1.54) is 19.3 Å². The lowest BCUT2D eigenvalue weighted by atomic mass is 10.1. The summed E-state index contributed by atoms with van der Waals surface area (Å²) in [6.45, 7) is 9.42. The molecule has 0 spiro atoms. The molecule has 7 heteroatoms. The number of pyridine rings is 1. The predicted octanol–water partition coefficient (Wildman–Crippen LogP) is 1.37. The Morgan fingerprint density at radius 2 is 1.62 bits per heavy atom. The van der Waals surface area contributed by atoms with Crippen LogP contribution in [0.25, 0.3) is 0 Å². The SMILES string of the molecule is Cn1c(CN2CCCCC2)cc(=O)c(O)c1CN1CCN(C2CCOCC2)CC1. The number of ether oxygens (including phenoxy) is 1. The van der Waals surface area contributed by atoms with Crippen LogP contribution in [0.2, 0.25) is 0 Å². The van der Waals surface area contributed by atoms with Gasteiger partial charge in [-0.15, -0.1) is 0 Å². The molecule has 3 aliphatic heterocycles. The third-order valence-electron chi connectivity index (χ3n) is 6.96. The van der Waals surface area contributed by atoms with Crippen molar-refractivity contribution >= 4 is 0 Å². The molecule has 1 N–H and O–H groups in total. The molecule has 3 aliphatic rings. The molecule has 3 fully saturated rings. The second-order valence-electron chi connectivity index (χ2n) is 8.85. The van der Waals surface area contributed by atoms with E-state index in [1.807, 2.05) is 7.05 Å². The molecule has 0 aromatic carbocycles. The Hall–Kier alpha value is -1.41. The quantitative estimate of drug-likeness (QED) is 0.800. The number of piperidine rings is 1. The van der Waals surface area contributed by atoms with Gasteiger partial charge in [-0.1, -0.05) is 6.42 Å². The molecule has 0 radical (unpaired) electrons. The van der Waals surface area contributed by atoms with Crippen molar-refractivity contribution in [3.63, 3.8) is 0 Å². The fourth-order valence-corrected chi connectivity index (χ4v) is 5.02. The van der Waals surface area contributed by atoms with Gasteiger partial charge in [-0.2, -0.15) is 0 Å². The molecule has 29 heavy (non-hydrogen) atoms. The summed E-state index contributed by atoms with van der Waals surface area (Å²) >= 11 is 0. The number of hydrogen-bond donors (Lipinski definition) is 1. The first kappa shape index (κ1) is 20.8. The Bertz CT molecular complexity index is 730. The van der Waals surface area contributed by atoms with Crippen LogP contribution in [0.1, 0.15) is 43.5 Å². The summed E-state index contributed by atoms with van der Waals surface area (Å²) in [5, 5.41) is 10.5. The predicted molar refractivity (Wildman–Crippen MR) is 113 cm³/mol. The van der Waals surface area contributed by atoms with Crippen LogP contribution in [-0.4, -0.2) is 82.9 Å². The van der Waals surface area contributed by atoms with Gasteiger partial charge in [-0.25, -0.2) is 0 Å². The Labute approximate surface area is 173 Å². The van der Waals surface area contributed by atoms with E-state index in [-0.39, 0.29) is 11.2 Å². The maximum atomic E-state index is 12.4. The van der Waals surface area contributed by atoms with Crippen LogP contribution in [0.3, 0.4) is 0 Å². The number of rotatable bonds is 5. The molecule has 0 bridgehead atoms. The minimum atomic E-state index is -0.244. The van der Waals surface area contributed by atoms with Crippen molar-refractivity contribution in [1.29, 1.82) is 0 Å². The number of piperazine rings is 1. The first-order valence-electron chi connectivity index (χ1n) is 11.3. The first-order chi connectivity index (χ1) is 14.1. The molecule has 0 amide bonds. The summed E-state index contributed by atoms with van der Waals surface area (Å²) < 4.78 is 7.54. The summed E-state index contributed by atoms with van der Waals surface area (Å²) in [4.78, 5) is 19.8. The summed E-state index contributed by atoms with van der Waals surface area (Å²) in [6, 6.07) is 2.27.